The second-order valence-corrected chi connectivity index (χ2v) is 5.06. The maximum atomic E-state index is 13.4. The SMILES string of the molecule is O=C(Nc1ccc(F)cc1F)C(=O)NC1CCC(O)CC1. The Hall–Kier alpha value is -2.02. The van der Waals surface area contributed by atoms with Gasteiger partial charge in [0.05, 0.1) is 11.8 Å². The first-order valence-corrected chi connectivity index (χ1v) is 6.70. The molecule has 5 nitrogen and oxygen atoms in total. The zero-order valence-electron chi connectivity index (χ0n) is 11.2. The molecule has 0 spiro atoms. The predicted molar refractivity (Wildman–Crippen MR) is 71.4 cm³/mol. The van der Waals surface area contributed by atoms with Crippen LogP contribution in [0, 0.1) is 11.6 Å². The van der Waals surface area contributed by atoms with Crippen molar-refractivity contribution in [1.29, 1.82) is 0 Å². The Kier molecular flexibility index (Phi) is 4.85. The van der Waals surface area contributed by atoms with Crippen molar-refractivity contribution in [3.05, 3.63) is 29.8 Å². The number of carbonyl (C=O) groups excluding carboxylic acids is 2. The number of rotatable bonds is 2. The van der Waals surface area contributed by atoms with Crippen molar-refractivity contribution in [1.82, 2.24) is 5.32 Å². The van der Waals surface area contributed by atoms with Gasteiger partial charge in [0.15, 0.2) is 0 Å². The minimum atomic E-state index is -1.01. The van der Waals surface area contributed by atoms with Crippen molar-refractivity contribution in [2.24, 2.45) is 0 Å². The van der Waals surface area contributed by atoms with E-state index in [0.29, 0.717) is 31.7 Å². The van der Waals surface area contributed by atoms with Gasteiger partial charge in [-0.15, -0.1) is 0 Å². The fourth-order valence-electron chi connectivity index (χ4n) is 2.24. The molecule has 2 amide bonds. The van der Waals surface area contributed by atoms with Gasteiger partial charge in [0.2, 0.25) is 0 Å². The van der Waals surface area contributed by atoms with Crippen molar-refractivity contribution in [3.63, 3.8) is 0 Å². The highest BCUT2D eigenvalue weighted by Gasteiger charge is 2.24. The average Bonchev–Trinajstić information content (AvgIpc) is 2.44. The molecule has 1 aliphatic carbocycles. The number of benzene rings is 1. The van der Waals surface area contributed by atoms with Gasteiger partial charge in [-0.05, 0) is 37.8 Å². The molecule has 0 saturated heterocycles. The first kappa shape index (κ1) is 15.4. The van der Waals surface area contributed by atoms with Crippen molar-refractivity contribution >= 4 is 17.5 Å². The highest BCUT2D eigenvalue weighted by molar-refractivity contribution is 6.39. The molecule has 1 fully saturated rings. The number of carbonyl (C=O) groups is 2. The Morgan fingerprint density at radius 3 is 2.38 bits per heavy atom. The molecule has 21 heavy (non-hydrogen) atoms. The lowest BCUT2D eigenvalue weighted by molar-refractivity contribution is -0.136. The third kappa shape index (κ3) is 4.22. The van der Waals surface area contributed by atoms with E-state index >= 15 is 0 Å². The summed E-state index contributed by atoms with van der Waals surface area (Å²) in [7, 11) is 0. The molecule has 0 radical (unpaired) electrons. The van der Waals surface area contributed by atoms with Gasteiger partial charge in [-0.2, -0.15) is 0 Å². The van der Waals surface area contributed by atoms with Crippen molar-refractivity contribution in [2.45, 2.75) is 37.8 Å². The van der Waals surface area contributed by atoms with Crippen molar-refractivity contribution in [2.75, 3.05) is 5.32 Å². The molecule has 1 aromatic rings. The number of nitrogens with one attached hydrogen (secondary N) is 2. The van der Waals surface area contributed by atoms with Crippen LogP contribution in [-0.4, -0.2) is 29.1 Å². The summed E-state index contributed by atoms with van der Waals surface area (Å²) in [5.74, 6) is -3.60. The Balaban J connectivity index is 1.89. The van der Waals surface area contributed by atoms with Crippen LogP contribution in [0.25, 0.3) is 0 Å². The molecule has 0 heterocycles. The van der Waals surface area contributed by atoms with Crippen LogP contribution in [0.5, 0.6) is 0 Å². The van der Waals surface area contributed by atoms with E-state index in [-0.39, 0.29) is 17.8 Å². The van der Waals surface area contributed by atoms with Gasteiger partial charge in [0.1, 0.15) is 11.6 Å². The maximum absolute atomic E-state index is 13.4. The van der Waals surface area contributed by atoms with E-state index in [9.17, 15) is 23.5 Å². The molecule has 0 unspecified atom stereocenters. The minimum absolute atomic E-state index is 0.176. The lowest BCUT2D eigenvalue weighted by Crippen LogP contribution is -2.44. The van der Waals surface area contributed by atoms with Crippen LogP contribution in [0.4, 0.5) is 14.5 Å². The predicted octanol–water partition coefficient (Wildman–Crippen LogP) is 1.32. The smallest absolute Gasteiger partial charge is 0.313 e. The zero-order valence-corrected chi connectivity index (χ0v) is 11.2. The largest absolute Gasteiger partial charge is 0.393 e. The van der Waals surface area contributed by atoms with Gasteiger partial charge in [0, 0.05) is 12.1 Å². The summed E-state index contributed by atoms with van der Waals surface area (Å²) in [6, 6.07) is 2.48. The summed E-state index contributed by atoms with van der Waals surface area (Å²) in [6.45, 7) is 0. The van der Waals surface area contributed by atoms with Gasteiger partial charge < -0.3 is 15.7 Å². The molecule has 2 rings (SSSR count). The highest BCUT2D eigenvalue weighted by atomic mass is 19.1. The molecule has 7 heteroatoms. The van der Waals surface area contributed by atoms with Gasteiger partial charge in [-0.1, -0.05) is 0 Å². The first-order valence-electron chi connectivity index (χ1n) is 6.70. The van der Waals surface area contributed by atoms with Gasteiger partial charge in [-0.25, -0.2) is 8.78 Å². The van der Waals surface area contributed by atoms with Gasteiger partial charge in [-0.3, -0.25) is 9.59 Å². The van der Waals surface area contributed by atoms with E-state index in [2.05, 4.69) is 10.6 Å². The van der Waals surface area contributed by atoms with Crippen molar-refractivity contribution < 1.29 is 23.5 Å². The van der Waals surface area contributed by atoms with E-state index < -0.39 is 23.4 Å². The molecular formula is C14H16F2N2O3. The molecule has 1 aromatic carbocycles. The highest BCUT2D eigenvalue weighted by Crippen LogP contribution is 2.18. The van der Waals surface area contributed by atoms with E-state index in [1.807, 2.05) is 0 Å². The summed E-state index contributed by atoms with van der Waals surface area (Å²) in [6.07, 6.45) is 1.95. The van der Waals surface area contributed by atoms with Crippen LogP contribution >= 0.6 is 0 Å². The summed E-state index contributed by atoms with van der Waals surface area (Å²) in [5.41, 5.74) is -0.254. The Morgan fingerprint density at radius 2 is 1.76 bits per heavy atom. The summed E-state index contributed by atoms with van der Waals surface area (Å²) < 4.78 is 26.1. The molecule has 0 aliphatic heterocycles. The quantitative estimate of drug-likeness (QED) is 0.721. The number of anilines is 1. The molecule has 0 atom stereocenters. The van der Waals surface area contributed by atoms with Crippen LogP contribution < -0.4 is 10.6 Å². The first-order chi connectivity index (χ1) is 9.95. The summed E-state index contributed by atoms with van der Waals surface area (Å²) >= 11 is 0. The van der Waals surface area contributed by atoms with Crippen LogP contribution in [0.2, 0.25) is 0 Å². The van der Waals surface area contributed by atoms with Crippen LogP contribution in [0.3, 0.4) is 0 Å². The maximum Gasteiger partial charge on any atom is 0.313 e. The average molecular weight is 298 g/mol. The minimum Gasteiger partial charge on any atom is -0.393 e. The number of hydrogen-bond donors (Lipinski definition) is 3. The lowest BCUT2D eigenvalue weighted by atomic mass is 9.93. The van der Waals surface area contributed by atoms with E-state index in [1.165, 1.54) is 0 Å². The van der Waals surface area contributed by atoms with E-state index in [0.717, 1.165) is 12.1 Å². The third-order valence-electron chi connectivity index (χ3n) is 3.42. The lowest BCUT2D eigenvalue weighted by Gasteiger charge is -2.25. The number of halogens is 2. The Morgan fingerprint density at radius 1 is 1.10 bits per heavy atom. The zero-order chi connectivity index (χ0) is 15.4. The van der Waals surface area contributed by atoms with Crippen LogP contribution in [0.1, 0.15) is 25.7 Å². The topological polar surface area (TPSA) is 78.4 Å². The number of hydrogen-bond acceptors (Lipinski definition) is 3. The van der Waals surface area contributed by atoms with E-state index in [4.69, 9.17) is 0 Å². The monoisotopic (exact) mass is 298 g/mol. The number of aliphatic hydroxyl groups excluding tert-OH is 1. The molecule has 3 N–H and O–H groups in total. The van der Waals surface area contributed by atoms with Crippen LogP contribution in [0.15, 0.2) is 18.2 Å². The Labute approximate surface area is 120 Å². The molecule has 0 bridgehead atoms. The van der Waals surface area contributed by atoms with Gasteiger partial charge >= 0.3 is 11.8 Å². The molecular weight excluding hydrogens is 282 g/mol. The third-order valence-corrected chi connectivity index (χ3v) is 3.42. The van der Waals surface area contributed by atoms with Crippen molar-refractivity contribution in [3.8, 4) is 0 Å². The second kappa shape index (κ2) is 6.62. The number of amides is 2. The van der Waals surface area contributed by atoms with E-state index in [1.54, 1.807) is 0 Å². The summed E-state index contributed by atoms with van der Waals surface area (Å²) in [5, 5.41) is 14.0. The molecule has 114 valence electrons. The molecule has 1 aliphatic rings. The van der Waals surface area contributed by atoms with Crippen LogP contribution in [-0.2, 0) is 9.59 Å². The summed E-state index contributed by atoms with van der Waals surface area (Å²) in [4.78, 5) is 23.3. The Bertz CT molecular complexity index is 543. The normalized spacial score (nSPS) is 21.7. The molecule has 0 aromatic heterocycles. The number of aliphatic hydroxyl groups is 1. The second-order valence-electron chi connectivity index (χ2n) is 5.06. The standard InChI is InChI=1S/C14H16F2N2O3/c15-8-1-6-12(11(16)7-8)18-14(21)13(20)17-9-2-4-10(19)5-3-9/h1,6-7,9-10,19H,2-5H2,(H,17,20)(H,18,21). The van der Waals surface area contributed by atoms with Gasteiger partial charge in [0.25, 0.3) is 0 Å². The fourth-order valence-corrected chi connectivity index (χ4v) is 2.24. The molecule has 1 saturated carbocycles. The fraction of sp³-hybridized carbons (Fsp3) is 0.429.